The Bertz CT molecular complexity index is 2010. The summed E-state index contributed by atoms with van der Waals surface area (Å²) in [6, 6.07) is 32.5. The predicted octanol–water partition coefficient (Wildman–Crippen LogP) is 10.5. The van der Waals surface area contributed by atoms with Crippen molar-refractivity contribution in [2.24, 2.45) is 4.99 Å². The van der Waals surface area contributed by atoms with Crippen LogP contribution in [-0.4, -0.2) is 10.8 Å². The van der Waals surface area contributed by atoms with Crippen molar-refractivity contribution in [3.63, 3.8) is 0 Å². The van der Waals surface area contributed by atoms with Gasteiger partial charge in [0.1, 0.15) is 17.4 Å². The number of aryl methyl sites for hydroxylation is 2. The lowest BCUT2D eigenvalue weighted by Gasteiger charge is -2.09. The molecule has 6 heteroatoms. The van der Waals surface area contributed by atoms with Gasteiger partial charge in [0.2, 0.25) is 5.88 Å². The average Bonchev–Trinajstić information content (AvgIpc) is 3.49. The molecule has 0 radical (unpaired) electrons. The summed E-state index contributed by atoms with van der Waals surface area (Å²) < 4.78 is 8.63. The molecule has 4 aromatic carbocycles. The molecular formula is C36H27Cl2N3O. The van der Waals surface area contributed by atoms with Crippen LogP contribution >= 0.6 is 23.2 Å². The molecule has 42 heavy (non-hydrogen) atoms. The van der Waals surface area contributed by atoms with Crippen molar-refractivity contribution in [2.75, 3.05) is 0 Å². The zero-order chi connectivity index (χ0) is 29.4. The highest BCUT2D eigenvalue weighted by Crippen LogP contribution is 2.43. The van der Waals surface area contributed by atoms with E-state index in [1.165, 1.54) is 0 Å². The van der Waals surface area contributed by atoms with Crippen LogP contribution in [0.3, 0.4) is 0 Å². The maximum absolute atomic E-state index is 10.3. The number of nitrogens with zero attached hydrogens (tertiary/aromatic N) is 3. The van der Waals surface area contributed by atoms with Gasteiger partial charge in [0.15, 0.2) is 0 Å². The fourth-order valence-corrected chi connectivity index (χ4v) is 5.61. The van der Waals surface area contributed by atoms with E-state index in [1.807, 2.05) is 92.7 Å². The van der Waals surface area contributed by atoms with Crippen molar-refractivity contribution >= 4 is 46.2 Å². The summed E-state index contributed by atoms with van der Waals surface area (Å²) in [6.07, 6.45) is 1.81. The minimum Gasteiger partial charge on any atom is -0.436 e. The minimum atomic E-state index is 0.282. The number of rotatable bonds is 6. The summed E-state index contributed by atoms with van der Waals surface area (Å²) in [5, 5.41) is 12.5. The Kier molecular flexibility index (Phi) is 7.47. The number of benzene rings is 4. The molecule has 0 saturated heterocycles. The van der Waals surface area contributed by atoms with Crippen molar-refractivity contribution in [1.82, 2.24) is 4.57 Å². The first-order chi connectivity index (χ1) is 20.3. The van der Waals surface area contributed by atoms with Gasteiger partial charge in [-0.1, -0.05) is 107 Å². The second-order valence-corrected chi connectivity index (χ2v) is 11.3. The first-order valence-corrected chi connectivity index (χ1v) is 14.4. The Balaban J connectivity index is 1.48. The molecule has 6 rings (SSSR count). The van der Waals surface area contributed by atoms with E-state index in [0.717, 1.165) is 55.5 Å². The van der Waals surface area contributed by atoms with Gasteiger partial charge in [0.05, 0.1) is 10.0 Å². The standard InChI is InChI=1S/C36H27Cl2N3O/c1-22-8-13-26(14-9-22)34-29(19-39)36(42-35(34)27-15-10-23(2)11-16-27)40-20-30-24(3)41(33-7-5-4-6-28(30)33)21-25-12-17-31(37)32(38)18-25/h4-18,20H,21H2,1-3H3. The Labute approximate surface area is 255 Å². The van der Waals surface area contributed by atoms with E-state index in [4.69, 9.17) is 32.6 Å². The third-order valence-corrected chi connectivity index (χ3v) is 8.31. The fourth-order valence-electron chi connectivity index (χ4n) is 5.29. The largest absolute Gasteiger partial charge is 0.436 e. The number of halogens is 2. The van der Waals surface area contributed by atoms with Gasteiger partial charge < -0.3 is 8.98 Å². The lowest BCUT2D eigenvalue weighted by molar-refractivity contribution is 0.593. The minimum absolute atomic E-state index is 0.282. The van der Waals surface area contributed by atoms with E-state index in [1.54, 1.807) is 6.21 Å². The zero-order valence-corrected chi connectivity index (χ0v) is 25.0. The molecule has 0 unspecified atom stereocenters. The van der Waals surface area contributed by atoms with Crippen molar-refractivity contribution in [1.29, 1.82) is 5.26 Å². The second-order valence-electron chi connectivity index (χ2n) is 10.4. The number of para-hydroxylation sites is 1. The van der Waals surface area contributed by atoms with Crippen LogP contribution in [0.25, 0.3) is 33.4 Å². The molecule has 6 aromatic rings. The van der Waals surface area contributed by atoms with E-state index in [9.17, 15) is 5.26 Å². The van der Waals surface area contributed by atoms with Gasteiger partial charge in [-0.25, -0.2) is 4.99 Å². The Morgan fingerprint density at radius 3 is 2.17 bits per heavy atom. The number of furan rings is 1. The Morgan fingerprint density at radius 1 is 0.833 bits per heavy atom. The lowest BCUT2D eigenvalue weighted by atomic mass is 9.97. The van der Waals surface area contributed by atoms with E-state index < -0.39 is 0 Å². The molecule has 0 aliphatic rings. The number of aromatic nitrogens is 1. The molecule has 206 valence electrons. The highest BCUT2D eigenvalue weighted by atomic mass is 35.5. The van der Waals surface area contributed by atoms with Crippen LogP contribution in [0.15, 0.2) is 100 Å². The van der Waals surface area contributed by atoms with Gasteiger partial charge in [-0.15, -0.1) is 0 Å². The van der Waals surface area contributed by atoms with Crippen LogP contribution in [0, 0.1) is 32.1 Å². The number of aliphatic imine (C=N–C) groups is 1. The maximum atomic E-state index is 10.3. The first kappa shape index (κ1) is 27.6. The molecule has 0 aliphatic carbocycles. The van der Waals surface area contributed by atoms with Crippen molar-refractivity contribution in [2.45, 2.75) is 27.3 Å². The van der Waals surface area contributed by atoms with Crippen molar-refractivity contribution in [3.8, 4) is 28.5 Å². The molecule has 0 aliphatic heterocycles. The van der Waals surface area contributed by atoms with Crippen LogP contribution < -0.4 is 0 Å². The zero-order valence-electron chi connectivity index (χ0n) is 23.5. The van der Waals surface area contributed by atoms with Crippen LogP contribution in [0.2, 0.25) is 10.0 Å². The van der Waals surface area contributed by atoms with E-state index in [-0.39, 0.29) is 5.88 Å². The molecule has 0 atom stereocenters. The highest BCUT2D eigenvalue weighted by molar-refractivity contribution is 6.42. The second kappa shape index (κ2) is 11.4. The molecular weight excluding hydrogens is 561 g/mol. The number of fused-ring (bicyclic) bond motifs is 1. The quantitative estimate of drug-likeness (QED) is 0.182. The normalized spacial score (nSPS) is 11.4. The van der Waals surface area contributed by atoms with Crippen molar-refractivity contribution < 1.29 is 4.42 Å². The number of hydrogen-bond acceptors (Lipinski definition) is 3. The van der Waals surface area contributed by atoms with Gasteiger partial charge in [0, 0.05) is 46.0 Å². The van der Waals surface area contributed by atoms with E-state index in [2.05, 4.69) is 29.7 Å². The molecule has 2 aromatic heterocycles. The van der Waals surface area contributed by atoms with Gasteiger partial charge in [-0.2, -0.15) is 5.26 Å². The monoisotopic (exact) mass is 587 g/mol. The lowest BCUT2D eigenvalue weighted by Crippen LogP contribution is -2.02. The molecule has 4 nitrogen and oxygen atoms in total. The SMILES string of the molecule is Cc1ccc(-c2oc(N=Cc3c(C)n(Cc4ccc(Cl)c(Cl)c4)c4ccccc34)c(C#N)c2-c2ccc(C)cc2)cc1. The molecule has 0 saturated carbocycles. The molecule has 2 heterocycles. The average molecular weight is 589 g/mol. The van der Waals surface area contributed by atoms with Crippen LogP contribution in [0.5, 0.6) is 0 Å². The Morgan fingerprint density at radius 2 is 1.50 bits per heavy atom. The summed E-state index contributed by atoms with van der Waals surface area (Å²) in [6.45, 7) is 6.78. The molecule has 0 spiro atoms. The fraction of sp³-hybridized carbons (Fsp3) is 0.111. The summed E-state index contributed by atoms with van der Waals surface area (Å²) in [4.78, 5) is 4.81. The summed E-state index contributed by atoms with van der Waals surface area (Å²) in [5.41, 5.74) is 9.35. The summed E-state index contributed by atoms with van der Waals surface area (Å²) in [7, 11) is 0. The van der Waals surface area contributed by atoms with Gasteiger partial charge in [-0.3, -0.25) is 0 Å². The smallest absolute Gasteiger partial charge is 0.238 e. The first-order valence-electron chi connectivity index (χ1n) is 13.6. The Hall–Kier alpha value is -4.56. The summed E-state index contributed by atoms with van der Waals surface area (Å²) >= 11 is 12.5. The van der Waals surface area contributed by atoms with Crippen LogP contribution in [0.1, 0.15) is 33.5 Å². The highest BCUT2D eigenvalue weighted by Gasteiger charge is 2.23. The molecule has 0 bridgehead atoms. The predicted molar refractivity (Wildman–Crippen MR) is 173 cm³/mol. The van der Waals surface area contributed by atoms with Crippen LogP contribution in [0.4, 0.5) is 5.88 Å². The van der Waals surface area contributed by atoms with Gasteiger partial charge >= 0.3 is 0 Å². The van der Waals surface area contributed by atoms with E-state index >= 15 is 0 Å². The molecule has 0 amide bonds. The molecule has 0 N–H and O–H groups in total. The van der Waals surface area contributed by atoms with Crippen molar-refractivity contribution in [3.05, 3.63) is 135 Å². The topological polar surface area (TPSA) is 54.2 Å². The third-order valence-electron chi connectivity index (χ3n) is 7.57. The maximum Gasteiger partial charge on any atom is 0.238 e. The van der Waals surface area contributed by atoms with Gasteiger partial charge in [-0.05, 0) is 50.1 Å². The van der Waals surface area contributed by atoms with Crippen LogP contribution in [-0.2, 0) is 6.54 Å². The van der Waals surface area contributed by atoms with Gasteiger partial charge in [0.25, 0.3) is 0 Å². The number of nitriles is 1. The molecule has 0 fully saturated rings. The van der Waals surface area contributed by atoms with E-state index in [0.29, 0.717) is 27.9 Å². The summed E-state index contributed by atoms with van der Waals surface area (Å²) in [5.74, 6) is 0.908. The third kappa shape index (κ3) is 5.14. The number of hydrogen-bond donors (Lipinski definition) is 0.